The number of carbonyl (C=O) groups is 1. The second kappa shape index (κ2) is 7.63. The molecule has 0 fully saturated rings. The van der Waals surface area contributed by atoms with Gasteiger partial charge in [-0.1, -0.05) is 20.3 Å². The Bertz CT molecular complexity index is 207. The minimum absolute atomic E-state index is 0.271. The maximum atomic E-state index is 11.2. The Hall–Kier alpha value is -0.610. The van der Waals surface area contributed by atoms with Crippen molar-refractivity contribution in [3.63, 3.8) is 0 Å². The highest BCUT2D eigenvalue weighted by atomic mass is 16.4. The van der Waals surface area contributed by atoms with Crippen molar-refractivity contribution in [2.24, 2.45) is 0 Å². The first-order chi connectivity index (χ1) is 7.43. The summed E-state index contributed by atoms with van der Waals surface area (Å²) in [7, 11) is 4.03. The van der Waals surface area contributed by atoms with Gasteiger partial charge in [-0.2, -0.15) is 0 Å². The monoisotopic (exact) mass is 230 g/mol. The van der Waals surface area contributed by atoms with E-state index in [0.29, 0.717) is 0 Å². The van der Waals surface area contributed by atoms with Crippen LogP contribution in [0.15, 0.2) is 0 Å². The van der Waals surface area contributed by atoms with E-state index in [0.717, 1.165) is 25.9 Å². The van der Waals surface area contributed by atoms with E-state index in [-0.39, 0.29) is 12.1 Å². The molecule has 0 aliphatic rings. The Morgan fingerprint density at radius 1 is 1.31 bits per heavy atom. The zero-order chi connectivity index (χ0) is 12.7. The van der Waals surface area contributed by atoms with Gasteiger partial charge in [0.15, 0.2) is 0 Å². The van der Waals surface area contributed by atoms with Gasteiger partial charge in [0.1, 0.15) is 6.04 Å². The van der Waals surface area contributed by atoms with E-state index in [2.05, 4.69) is 16.7 Å². The summed E-state index contributed by atoms with van der Waals surface area (Å²) in [5.74, 6) is -0.700. The topological polar surface area (TPSA) is 43.8 Å². The van der Waals surface area contributed by atoms with Crippen molar-refractivity contribution in [2.75, 3.05) is 27.2 Å². The highest BCUT2D eigenvalue weighted by Crippen LogP contribution is 2.12. The van der Waals surface area contributed by atoms with Gasteiger partial charge >= 0.3 is 5.97 Å². The molecule has 0 aliphatic carbocycles. The third kappa shape index (κ3) is 4.94. The molecule has 16 heavy (non-hydrogen) atoms. The fraction of sp³-hybridized carbons (Fsp3) is 0.917. The van der Waals surface area contributed by atoms with Crippen LogP contribution in [-0.2, 0) is 4.79 Å². The van der Waals surface area contributed by atoms with Crippen LogP contribution in [-0.4, -0.2) is 60.1 Å². The number of carboxylic acids is 1. The lowest BCUT2D eigenvalue weighted by molar-refractivity contribution is -0.144. The van der Waals surface area contributed by atoms with Crippen molar-refractivity contribution in [1.29, 1.82) is 0 Å². The van der Waals surface area contributed by atoms with Crippen molar-refractivity contribution in [3.05, 3.63) is 0 Å². The number of carboxylic acid groups (broad SMARTS) is 1. The Labute approximate surface area is 99.2 Å². The second-order valence-corrected chi connectivity index (χ2v) is 4.58. The van der Waals surface area contributed by atoms with Crippen molar-refractivity contribution in [3.8, 4) is 0 Å². The number of hydrogen-bond acceptors (Lipinski definition) is 3. The third-order valence-corrected chi connectivity index (χ3v) is 2.81. The zero-order valence-corrected chi connectivity index (χ0v) is 11.2. The van der Waals surface area contributed by atoms with Crippen LogP contribution >= 0.6 is 0 Å². The van der Waals surface area contributed by atoms with Crippen molar-refractivity contribution < 1.29 is 9.90 Å². The molecular weight excluding hydrogens is 204 g/mol. The molecule has 0 rings (SSSR count). The van der Waals surface area contributed by atoms with Crippen LogP contribution in [0.2, 0.25) is 0 Å². The molecule has 2 unspecified atom stereocenters. The number of hydrogen-bond donors (Lipinski definition) is 1. The molecule has 96 valence electrons. The normalized spacial score (nSPS) is 15.4. The number of rotatable bonds is 8. The molecule has 0 saturated carbocycles. The summed E-state index contributed by atoms with van der Waals surface area (Å²) < 4.78 is 0. The first kappa shape index (κ1) is 15.4. The van der Waals surface area contributed by atoms with Gasteiger partial charge in [0.2, 0.25) is 0 Å². The Morgan fingerprint density at radius 3 is 2.19 bits per heavy atom. The first-order valence-electron chi connectivity index (χ1n) is 6.07. The lowest BCUT2D eigenvalue weighted by atomic mass is 10.1. The molecule has 0 saturated heterocycles. The van der Waals surface area contributed by atoms with E-state index < -0.39 is 5.97 Å². The molecule has 1 N–H and O–H groups in total. The van der Waals surface area contributed by atoms with Crippen molar-refractivity contribution in [2.45, 2.75) is 45.7 Å². The molecular formula is C12H26N2O2. The maximum absolute atomic E-state index is 11.2. The predicted octanol–water partition coefficient (Wildman–Crippen LogP) is 1.51. The Kier molecular flexibility index (Phi) is 7.34. The van der Waals surface area contributed by atoms with Gasteiger partial charge in [0, 0.05) is 12.6 Å². The van der Waals surface area contributed by atoms with Crippen molar-refractivity contribution >= 4 is 5.97 Å². The maximum Gasteiger partial charge on any atom is 0.320 e. The molecule has 0 spiro atoms. The predicted molar refractivity (Wildman–Crippen MR) is 66.7 cm³/mol. The van der Waals surface area contributed by atoms with Gasteiger partial charge in [0.25, 0.3) is 0 Å². The molecule has 4 nitrogen and oxygen atoms in total. The summed E-state index contributed by atoms with van der Waals surface area (Å²) in [5.41, 5.74) is 0. The average molecular weight is 230 g/mol. The first-order valence-corrected chi connectivity index (χ1v) is 6.07. The smallest absolute Gasteiger partial charge is 0.320 e. The van der Waals surface area contributed by atoms with Gasteiger partial charge < -0.3 is 10.0 Å². The fourth-order valence-corrected chi connectivity index (χ4v) is 2.18. The molecule has 0 heterocycles. The van der Waals surface area contributed by atoms with Crippen LogP contribution in [0.1, 0.15) is 33.6 Å². The lowest BCUT2D eigenvalue weighted by Gasteiger charge is -2.34. The standard InChI is InChI=1S/C12H26N2O2/c1-6-8-11(12(15)16)14(7-2)10(3)9-13(4)5/h10-11H,6-9H2,1-5H3,(H,15,16). The Balaban J connectivity index is 4.58. The summed E-state index contributed by atoms with van der Waals surface area (Å²) in [6, 6.07) is -0.0717. The van der Waals surface area contributed by atoms with Crippen LogP contribution in [0, 0.1) is 0 Å². The lowest BCUT2D eigenvalue weighted by Crippen LogP contribution is -2.49. The van der Waals surface area contributed by atoms with Gasteiger partial charge in [-0.05, 0) is 34.0 Å². The fourth-order valence-electron chi connectivity index (χ4n) is 2.18. The quantitative estimate of drug-likeness (QED) is 0.686. The second-order valence-electron chi connectivity index (χ2n) is 4.58. The minimum Gasteiger partial charge on any atom is -0.480 e. The summed E-state index contributed by atoms with van der Waals surface area (Å²) in [6.07, 6.45) is 1.63. The Morgan fingerprint density at radius 2 is 1.88 bits per heavy atom. The minimum atomic E-state index is -0.700. The van der Waals surface area contributed by atoms with Crippen LogP contribution in [0.3, 0.4) is 0 Å². The summed E-state index contributed by atoms with van der Waals surface area (Å²) in [4.78, 5) is 15.4. The summed E-state index contributed by atoms with van der Waals surface area (Å²) >= 11 is 0. The van der Waals surface area contributed by atoms with Crippen LogP contribution in [0.4, 0.5) is 0 Å². The van der Waals surface area contributed by atoms with E-state index >= 15 is 0 Å². The van der Waals surface area contributed by atoms with Crippen LogP contribution < -0.4 is 0 Å². The molecule has 2 atom stereocenters. The van der Waals surface area contributed by atoms with E-state index in [1.165, 1.54) is 0 Å². The average Bonchev–Trinajstić information content (AvgIpc) is 2.16. The van der Waals surface area contributed by atoms with Gasteiger partial charge in [-0.3, -0.25) is 9.69 Å². The number of aliphatic carboxylic acids is 1. The van der Waals surface area contributed by atoms with Crippen molar-refractivity contribution in [1.82, 2.24) is 9.80 Å². The highest BCUT2D eigenvalue weighted by Gasteiger charge is 2.27. The van der Waals surface area contributed by atoms with Gasteiger partial charge in [-0.25, -0.2) is 0 Å². The van der Waals surface area contributed by atoms with E-state index in [9.17, 15) is 9.90 Å². The zero-order valence-electron chi connectivity index (χ0n) is 11.2. The molecule has 0 aromatic carbocycles. The molecule has 0 radical (unpaired) electrons. The molecule has 0 bridgehead atoms. The van der Waals surface area contributed by atoms with Gasteiger partial charge in [-0.15, -0.1) is 0 Å². The molecule has 0 aromatic rings. The third-order valence-electron chi connectivity index (χ3n) is 2.81. The van der Waals surface area contributed by atoms with Crippen LogP contribution in [0.5, 0.6) is 0 Å². The number of nitrogens with zero attached hydrogens (tertiary/aromatic N) is 2. The van der Waals surface area contributed by atoms with E-state index in [1.807, 2.05) is 27.9 Å². The number of likely N-dealkylation sites (N-methyl/N-ethyl adjacent to an activating group) is 2. The highest BCUT2D eigenvalue weighted by molar-refractivity contribution is 5.73. The van der Waals surface area contributed by atoms with Gasteiger partial charge in [0.05, 0.1) is 0 Å². The largest absolute Gasteiger partial charge is 0.480 e. The molecule has 0 aliphatic heterocycles. The van der Waals surface area contributed by atoms with E-state index in [4.69, 9.17) is 0 Å². The summed E-state index contributed by atoms with van der Waals surface area (Å²) in [6.45, 7) is 7.82. The van der Waals surface area contributed by atoms with Crippen LogP contribution in [0.25, 0.3) is 0 Å². The van der Waals surface area contributed by atoms with E-state index in [1.54, 1.807) is 0 Å². The summed E-state index contributed by atoms with van der Waals surface area (Å²) in [5, 5.41) is 9.23. The molecule has 4 heteroatoms. The molecule has 0 aromatic heterocycles. The SMILES string of the molecule is CCCC(C(=O)O)N(CC)C(C)CN(C)C. The molecule has 0 amide bonds.